The standard InChI is InChI=1S/4C6H6.3C2H6.6CH3.15Y/c4*1-2-4-6-5-3-1;3*1-2;;;;;;;;;;;;;;;;;;;;;/h4*1-6H;3*1-2H3;6*1H3;;;;;;;;;;;;;;;/q;;;;;;;6*-1;;;;;;;;;;;;;;;. The third-order valence-corrected chi connectivity index (χ3v) is 2.67. The Bertz CT molecular complexity index is 458. The average Bonchev–Trinajstić information content (AvgIpc) is 2.93. The number of hydrogen-bond acceptors (Lipinski definition) is 0. The van der Waals surface area contributed by atoms with Gasteiger partial charge in [0.1, 0.15) is 0 Å². The number of benzene rings is 4. The van der Waals surface area contributed by atoms with E-state index in [1.165, 1.54) is 0 Å². The summed E-state index contributed by atoms with van der Waals surface area (Å²) in [5.74, 6) is 0. The van der Waals surface area contributed by atoms with Gasteiger partial charge < -0.3 is 44.6 Å². The first-order valence-corrected chi connectivity index (χ1v) is 11.0. The Balaban J connectivity index is -0.00000000730. The molecule has 0 aliphatic carbocycles. The molecule has 0 atom stereocenters. The molecule has 0 saturated heterocycles. The Labute approximate surface area is 702 Å². The second-order valence-electron chi connectivity index (χ2n) is 4.62. The van der Waals surface area contributed by atoms with Crippen LogP contribution in [0.3, 0.4) is 0 Å². The SMILES string of the molecule is CC.CC.CC.[CH3-].[CH3-].[CH3-].[CH3-].[CH3-].[CH3-].[Y].[Y].[Y].[Y].[Y].[Y].[Y].[Y].[Y].[Y].[Y].[Y].[Y].[Y].[Y].c1ccccc1.c1ccccc1.c1ccccc1.c1ccccc1. The van der Waals surface area contributed by atoms with Crippen molar-refractivity contribution in [2.75, 3.05) is 0 Å². The number of rotatable bonds is 0. The van der Waals surface area contributed by atoms with E-state index in [0.717, 1.165) is 0 Å². The summed E-state index contributed by atoms with van der Waals surface area (Å²) in [7, 11) is 0. The Morgan fingerprint density at radius 1 is 0.118 bits per heavy atom. The summed E-state index contributed by atoms with van der Waals surface area (Å²) in [5, 5.41) is 0. The average molecular weight is 1830 g/mol. The van der Waals surface area contributed by atoms with Gasteiger partial charge in [0.2, 0.25) is 0 Å². The third-order valence-electron chi connectivity index (χ3n) is 2.67. The van der Waals surface area contributed by atoms with Gasteiger partial charge in [0, 0.05) is 491 Å². The zero-order valence-electron chi connectivity index (χ0n) is 34.5. The molecule has 0 nitrogen and oxygen atoms in total. The van der Waals surface area contributed by atoms with Crippen LogP contribution in [0.25, 0.3) is 0 Å². The van der Waals surface area contributed by atoms with E-state index in [1.807, 2.05) is 187 Å². The van der Waals surface area contributed by atoms with Crippen molar-refractivity contribution in [3.8, 4) is 0 Å². The van der Waals surface area contributed by atoms with Gasteiger partial charge in [0.05, 0.1) is 0 Å². The van der Waals surface area contributed by atoms with Gasteiger partial charge in [-0.25, -0.2) is 0 Å². The summed E-state index contributed by atoms with van der Waals surface area (Å²) in [6, 6.07) is 48.0. The van der Waals surface area contributed by atoms with E-state index < -0.39 is 0 Å². The van der Waals surface area contributed by atoms with Gasteiger partial charge in [-0.15, -0.1) is 0 Å². The second kappa shape index (κ2) is 176. The van der Waals surface area contributed by atoms with Gasteiger partial charge in [-0.05, 0) is 0 Å². The van der Waals surface area contributed by atoms with E-state index in [9.17, 15) is 0 Å². The van der Waals surface area contributed by atoms with Crippen LogP contribution in [0.15, 0.2) is 146 Å². The predicted molar refractivity (Wildman–Crippen MR) is 178 cm³/mol. The quantitative estimate of drug-likeness (QED) is 0.154. The summed E-state index contributed by atoms with van der Waals surface area (Å²) < 4.78 is 0. The van der Waals surface area contributed by atoms with E-state index in [1.54, 1.807) is 0 Å². The summed E-state index contributed by atoms with van der Waals surface area (Å²) in [5.41, 5.74) is 0. The van der Waals surface area contributed by atoms with Crippen molar-refractivity contribution in [2.45, 2.75) is 41.5 Å². The third kappa shape index (κ3) is 171. The van der Waals surface area contributed by atoms with Gasteiger partial charge in [-0.1, -0.05) is 187 Å². The minimum atomic E-state index is 0. The molecule has 4 rings (SSSR count). The Hall–Kier alpha value is 13.4. The summed E-state index contributed by atoms with van der Waals surface area (Å²) in [6.07, 6.45) is 0. The monoisotopic (exact) mass is 1830 g/mol. The smallest absolute Gasteiger partial charge is 0 e. The molecule has 0 fully saturated rings. The molecule has 15 radical (unpaired) electrons. The fourth-order valence-corrected chi connectivity index (χ4v) is 1.54. The van der Waals surface area contributed by atoms with Crippen molar-refractivity contribution in [3.05, 3.63) is 190 Å². The molecule has 0 spiro atoms. The summed E-state index contributed by atoms with van der Waals surface area (Å²) in [4.78, 5) is 0. The van der Waals surface area contributed by atoms with Gasteiger partial charge >= 0.3 is 0 Å². The molecule has 0 N–H and O–H groups in total. The summed E-state index contributed by atoms with van der Waals surface area (Å²) >= 11 is 0. The summed E-state index contributed by atoms with van der Waals surface area (Å²) in [6.45, 7) is 12.0. The maximum absolute atomic E-state index is 2.00. The molecule has 15 heteroatoms. The van der Waals surface area contributed by atoms with E-state index in [-0.39, 0.29) is 535 Å². The van der Waals surface area contributed by atoms with E-state index >= 15 is 0 Å². The molecule has 0 aliphatic rings. The molecular weight excluding hydrogens is 1770 g/mol. The molecule has 0 bridgehead atoms. The van der Waals surface area contributed by atoms with Crippen LogP contribution in [-0.4, -0.2) is 0 Å². The molecule has 0 aromatic heterocycles. The van der Waals surface area contributed by atoms with Crippen molar-refractivity contribution >= 4 is 0 Å². The molecule has 4 aromatic carbocycles. The molecule has 51 heavy (non-hydrogen) atoms. The molecular formula is C36H60Y15-6. The van der Waals surface area contributed by atoms with Crippen LogP contribution in [0.5, 0.6) is 0 Å². The molecule has 4 aromatic rings. The molecule has 0 unspecified atom stereocenters. The second-order valence-corrected chi connectivity index (χ2v) is 4.62. The van der Waals surface area contributed by atoms with Crippen LogP contribution >= 0.6 is 0 Å². The van der Waals surface area contributed by atoms with Crippen LogP contribution < -0.4 is 0 Å². The van der Waals surface area contributed by atoms with Crippen LogP contribution in [0.1, 0.15) is 41.5 Å². The van der Waals surface area contributed by atoms with Gasteiger partial charge in [-0.2, -0.15) is 0 Å². The molecule has 0 heterocycles. The Morgan fingerprint density at radius 2 is 0.137 bits per heavy atom. The minimum Gasteiger partial charge on any atom is -0.358 e. The molecule has 255 valence electrons. The fourth-order valence-electron chi connectivity index (χ4n) is 1.54. The van der Waals surface area contributed by atoms with E-state index in [4.69, 9.17) is 0 Å². The van der Waals surface area contributed by atoms with E-state index in [2.05, 4.69) is 0 Å². The van der Waals surface area contributed by atoms with Crippen molar-refractivity contribution in [1.82, 2.24) is 0 Å². The van der Waals surface area contributed by atoms with Gasteiger partial charge in [0.15, 0.2) is 0 Å². The van der Waals surface area contributed by atoms with Crippen molar-refractivity contribution < 1.29 is 491 Å². The molecule has 0 saturated carbocycles. The zero-order valence-corrected chi connectivity index (χ0v) is 77.1. The first kappa shape index (κ1) is 159. The van der Waals surface area contributed by atoms with Crippen LogP contribution in [-0.2, 0) is 491 Å². The first-order valence-electron chi connectivity index (χ1n) is 11.0. The topological polar surface area (TPSA) is 0 Å². The maximum Gasteiger partial charge on any atom is 0 e. The van der Waals surface area contributed by atoms with Crippen LogP contribution in [0, 0.1) is 44.6 Å². The van der Waals surface area contributed by atoms with Crippen molar-refractivity contribution in [1.29, 1.82) is 0 Å². The predicted octanol–water partition coefficient (Wildman–Crippen LogP) is 12.5. The van der Waals surface area contributed by atoms with Gasteiger partial charge in [0.25, 0.3) is 0 Å². The largest absolute Gasteiger partial charge is 0.358 e. The normalized spacial score (nSPS) is 4.12. The van der Waals surface area contributed by atoms with Crippen LogP contribution in [0.4, 0.5) is 0 Å². The maximum atomic E-state index is 2.00. The Kier molecular flexibility index (Phi) is 549. The van der Waals surface area contributed by atoms with E-state index in [0.29, 0.717) is 0 Å². The van der Waals surface area contributed by atoms with Crippen molar-refractivity contribution in [3.63, 3.8) is 0 Å². The minimum absolute atomic E-state index is 0. The van der Waals surface area contributed by atoms with Crippen LogP contribution in [0.2, 0.25) is 0 Å². The fraction of sp³-hybridized carbons (Fsp3) is 0.167. The zero-order chi connectivity index (χ0) is 23.0. The van der Waals surface area contributed by atoms with Gasteiger partial charge in [-0.3, -0.25) is 0 Å². The first-order chi connectivity index (χ1) is 15.0. The molecule has 0 aliphatic heterocycles. The van der Waals surface area contributed by atoms with Crippen molar-refractivity contribution in [2.24, 2.45) is 0 Å². The number of hydrogen-bond donors (Lipinski definition) is 0. The Morgan fingerprint density at radius 3 is 0.157 bits per heavy atom. The molecule has 0 amide bonds.